The van der Waals surface area contributed by atoms with Gasteiger partial charge in [0.2, 0.25) is 0 Å². The van der Waals surface area contributed by atoms with Crippen molar-refractivity contribution in [3.63, 3.8) is 0 Å². The monoisotopic (exact) mass is 326 g/mol. The molecular formula is C19H22N2O3. The lowest BCUT2D eigenvalue weighted by molar-refractivity contribution is -0.123. The molecule has 0 bridgehead atoms. The fraction of sp³-hybridized carbons (Fsp3) is 0.263. The first-order valence-electron chi connectivity index (χ1n) is 7.78. The van der Waals surface area contributed by atoms with Crippen LogP contribution in [-0.2, 0) is 4.79 Å². The number of methoxy groups -OCH3 is 1. The molecule has 0 aliphatic heterocycles. The molecule has 126 valence electrons. The van der Waals surface area contributed by atoms with Crippen molar-refractivity contribution < 1.29 is 14.3 Å². The van der Waals surface area contributed by atoms with E-state index in [2.05, 4.69) is 36.5 Å². The van der Waals surface area contributed by atoms with Crippen LogP contribution in [0.25, 0.3) is 0 Å². The summed E-state index contributed by atoms with van der Waals surface area (Å²) < 4.78 is 10.6. The summed E-state index contributed by atoms with van der Waals surface area (Å²) in [5, 5.41) is 3.94. The topological polar surface area (TPSA) is 59.9 Å². The Morgan fingerprint density at radius 3 is 2.42 bits per heavy atom. The molecule has 0 unspecified atom stereocenters. The molecule has 0 aliphatic rings. The zero-order valence-corrected chi connectivity index (χ0v) is 14.2. The number of ether oxygens (including phenoxy) is 2. The molecule has 0 saturated carbocycles. The van der Waals surface area contributed by atoms with Gasteiger partial charge in [0, 0.05) is 0 Å². The Labute approximate surface area is 142 Å². The summed E-state index contributed by atoms with van der Waals surface area (Å²) in [6, 6.07) is 15.2. The van der Waals surface area contributed by atoms with E-state index in [9.17, 15) is 4.79 Å². The van der Waals surface area contributed by atoms with Crippen LogP contribution in [-0.4, -0.2) is 25.8 Å². The second kappa shape index (κ2) is 8.72. The summed E-state index contributed by atoms with van der Waals surface area (Å²) in [5.41, 5.74) is 4.63. The van der Waals surface area contributed by atoms with Gasteiger partial charge in [-0.15, -0.1) is 0 Å². The quantitative estimate of drug-likeness (QED) is 0.627. The third kappa shape index (κ3) is 5.12. The van der Waals surface area contributed by atoms with Crippen LogP contribution in [0.1, 0.15) is 30.9 Å². The van der Waals surface area contributed by atoms with Gasteiger partial charge in [0.1, 0.15) is 0 Å². The number of amides is 1. The van der Waals surface area contributed by atoms with Crippen molar-refractivity contribution in [2.24, 2.45) is 5.10 Å². The van der Waals surface area contributed by atoms with Gasteiger partial charge in [0.25, 0.3) is 5.91 Å². The van der Waals surface area contributed by atoms with E-state index >= 15 is 0 Å². The predicted octanol–water partition coefficient (Wildman–Crippen LogP) is 3.35. The van der Waals surface area contributed by atoms with Crippen molar-refractivity contribution in [2.75, 3.05) is 13.7 Å². The average Bonchev–Trinajstić information content (AvgIpc) is 2.60. The second-order valence-corrected chi connectivity index (χ2v) is 5.55. The summed E-state index contributed by atoms with van der Waals surface area (Å²) in [7, 11) is 1.55. The van der Waals surface area contributed by atoms with Crippen molar-refractivity contribution >= 4 is 12.1 Å². The Hall–Kier alpha value is -2.82. The van der Waals surface area contributed by atoms with Gasteiger partial charge in [-0.3, -0.25) is 4.79 Å². The maximum Gasteiger partial charge on any atom is 0.277 e. The molecule has 0 heterocycles. The molecule has 5 nitrogen and oxygen atoms in total. The molecule has 0 atom stereocenters. The lowest BCUT2D eigenvalue weighted by atomic mass is 10.0. The Morgan fingerprint density at radius 2 is 1.79 bits per heavy atom. The molecule has 2 rings (SSSR count). The number of benzene rings is 2. The zero-order valence-electron chi connectivity index (χ0n) is 14.2. The summed E-state index contributed by atoms with van der Waals surface area (Å²) in [5.74, 6) is 1.25. The van der Waals surface area contributed by atoms with E-state index in [1.54, 1.807) is 25.5 Å². The number of hydrogen-bond donors (Lipinski definition) is 1. The molecule has 0 saturated heterocycles. The van der Waals surface area contributed by atoms with Gasteiger partial charge < -0.3 is 9.47 Å². The number of nitrogens with zero attached hydrogens (tertiary/aromatic N) is 1. The molecule has 2 aromatic rings. The Morgan fingerprint density at radius 1 is 1.12 bits per heavy atom. The van der Waals surface area contributed by atoms with Gasteiger partial charge in [-0.05, 0) is 29.2 Å². The third-order valence-corrected chi connectivity index (χ3v) is 3.43. The number of carbonyl (C=O) groups excluding carboxylic acids is 1. The fourth-order valence-corrected chi connectivity index (χ4v) is 2.06. The van der Waals surface area contributed by atoms with E-state index < -0.39 is 0 Å². The maximum absolute atomic E-state index is 11.8. The van der Waals surface area contributed by atoms with Crippen LogP contribution >= 0.6 is 0 Å². The third-order valence-electron chi connectivity index (χ3n) is 3.43. The van der Waals surface area contributed by atoms with Gasteiger partial charge in [-0.25, -0.2) is 5.43 Å². The lowest BCUT2D eigenvalue weighted by Crippen LogP contribution is -2.24. The van der Waals surface area contributed by atoms with Crippen molar-refractivity contribution in [3.05, 3.63) is 59.7 Å². The van der Waals surface area contributed by atoms with Crippen LogP contribution in [0.4, 0.5) is 0 Å². The standard InChI is InChI=1S/C19H22N2O3/c1-14(2)16-10-8-15(9-11-16)12-20-21-19(22)13-24-18-7-5-4-6-17(18)23-3/h4-12,14H,13H2,1-3H3,(H,21,22)/b20-12+. The highest BCUT2D eigenvalue weighted by Crippen LogP contribution is 2.25. The molecule has 1 amide bonds. The molecule has 5 heteroatoms. The lowest BCUT2D eigenvalue weighted by Gasteiger charge is -2.09. The summed E-state index contributed by atoms with van der Waals surface area (Å²) in [4.78, 5) is 11.8. The van der Waals surface area contributed by atoms with Crippen LogP contribution in [0, 0.1) is 0 Å². The first-order chi connectivity index (χ1) is 11.6. The first-order valence-corrected chi connectivity index (χ1v) is 7.78. The molecular weight excluding hydrogens is 304 g/mol. The van der Waals surface area contributed by atoms with Crippen molar-refractivity contribution in [3.8, 4) is 11.5 Å². The Bertz CT molecular complexity index is 694. The largest absolute Gasteiger partial charge is 0.493 e. The summed E-state index contributed by atoms with van der Waals surface area (Å²) in [6.07, 6.45) is 1.60. The van der Waals surface area contributed by atoms with Gasteiger partial charge in [0.05, 0.1) is 13.3 Å². The molecule has 2 aromatic carbocycles. The molecule has 0 fully saturated rings. The van der Waals surface area contributed by atoms with Crippen LogP contribution in [0.5, 0.6) is 11.5 Å². The number of nitrogens with one attached hydrogen (secondary N) is 1. The summed E-state index contributed by atoms with van der Waals surface area (Å²) >= 11 is 0. The second-order valence-electron chi connectivity index (χ2n) is 5.55. The summed E-state index contributed by atoms with van der Waals surface area (Å²) in [6.45, 7) is 4.15. The number of rotatable bonds is 7. The number of carbonyl (C=O) groups is 1. The SMILES string of the molecule is COc1ccccc1OCC(=O)N/N=C/c1ccc(C(C)C)cc1. The maximum atomic E-state index is 11.8. The highest BCUT2D eigenvalue weighted by Gasteiger charge is 2.05. The molecule has 0 radical (unpaired) electrons. The van der Waals surface area contributed by atoms with E-state index in [0.717, 1.165) is 5.56 Å². The van der Waals surface area contributed by atoms with Crippen molar-refractivity contribution in [1.29, 1.82) is 0 Å². The van der Waals surface area contributed by atoms with E-state index in [1.165, 1.54) is 5.56 Å². The predicted molar refractivity (Wildman–Crippen MR) is 94.8 cm³/mol. The normalized spacial score (nSPS) is 10.8. The number of hydrogen-bond acceptors (Lipinski definition) is 4. The zero-order chi connectivity index (χ0) is 17.4. The minimum absolute atomic E-state index is 0.135. The van der Waals surface area contributed by atoms with Crippen LogP contribution in [0.15, 0.2) is 53.6 Å². The minimum Gasteiger partial charge on any atom is -0.493 e. The molecule has 0 aliphatic carbocycles. The van der Waals surface area contributed by atoms with Crippen LogP contribution in [0.2, 0.25) is 0 Å². The van der Waals surface area contributed by atoms with Crippen molar-refractivity contribution in [2.45, 2.75) is 19.8 Å². The molecule has 0 spiro atoms. The first kappa shape index (κ1) is 17.5. The molecule has 1 N–H and O–H groups in total. The van der Waals surface area contributed by atoms with E-state index in [0.29, 0.717) is 17.4 Å². The highest BCUT2D eigenvalue weighted by atomic mass is 16.5. The molecule has 24 heavy (non-hydrogen) atoms. The van der Waals surface area contributed by atoms with Crippen molar-refractivity contribution in [1.82, 2.24) is 5.43 Å². The van der Waals surface area contributed by atoms with Gasteiger partial charge in [-0.2, -0.15) is 5.10 Å². The number of hydrazone groups is 1. The van der Waals surface area contributed by atoms with E-state index in [4.69, 9.17) is 9.47 Å². The van der Waals surface area contributed by atoms with E-state index in [-0.39, 0.29) is 12.5 Å². The number of para-hydroxylation sites is 2. The van der Waals surface area contributed by atoms with Gasteiger partial charge in [-0.1, -0.05) is 50.2 Å². The Kier molecular flexibility index (Phi) is 6.37. The average molecular weight is 326 g/mol. The van der Waals surface area contributed by atoms with Crippen LogP contribution in [0.3, 0.4) is 0 Å². The Balaban J connectivity index is 1.82. The highest BCUT2D eigenvalue weighted by molar-refractivity contribution is 5.83. The minimum atomic E-state index is -0.337. The smallest absolute Gasteiger partial charge is 0.277 e. The van der Waals surface area contributed by atoms with Gasteiger partial charge in [0.15, 0.2) is 18.1 Å². The molecule has 0 aromatic heterocycles. The van der Waals surface area contributed by atoms with Crippen LogP contribution < -0.4 is 14.9 Å². The van der Waals surface area contributed by atoms with E-state index in [1.807, 2.05) is 24.3 Å². The fourth-order valence-electron chi connectivity index (χ4n) is 2.06. The van der Waals surface area contributed by atoms with Gasteiger partial charge >= 0.3 is 0 Å².